The van der Waals surface area contributed by atoms with Gasteiger partial charge in [-0.25, -0.2) is 0 Å². The zero-order valence-corrected chi connectivity index (χ0v) is 9.12. The van der Waals surface area contributed by atoms with Gasteiger partial charge in [-0.3, -0.25) is 0 Å². The Labute approximate surface area is 90.9 Å². The molecule has 1 radical (unpaired) electrons. The molecule has 0 aromatic heterocycles. The maximum atomic E-state index is 0. The predicted octanol–water partition coefficient (Wildman–Crippen LogP) is -9.01. The van der Waals surface area contributed by atoms with Crippen molar-refractivity contribution in [3.05, 3.63) is 0 Å². The molecule has 75 valence electrons. The summed E-state index contributed by atoms with van der Waals surface area (Å²) in [5.41, 5.74) is 0. The van der Waals surface area contributed by atoms with E-state index in [4.69, 9.17) is 0 Å². The Bertz CT molecular complexity index is 16.9. The molecule has 0 saturated carbocycles. The van der Waals surface area contributed by atoms with E-state index in [0.717, 1.165) is 0 Å². The van der Waals surface area contributed by atoms with Crippen LogP contribution in [0.5, 0.6) is 0 Å². The molecule has 0 aliphatic carbocycles. The quantitative estimate of drug-likeness (QED) is 0.287. The van der Waals surface area contributed by atoms with Gasteiger partial charge in [0, 0.05) is 0 Å². The smallest absolute Gasteiger partial charge is 1.00 e. The second-order valence-electron chi connectivity index (χ2n) is 0. The summed E-state index contributed by atoms with van der Waals surface area (Å²) >= 11 is 0. The Balaban J connectivity index is 0. The van der Waals surface area contributed by atoms with Crippen molar-refractivity contribution in [2.75, 3.05) is 0 Å². The van der Waals surface area contributed by atoms with Gasteiger partial charge in [0.25, 0.3) is 0 Å². The molecule has 0 aliphatic rings. The molecular weight excluding hydrogens is 244 g/mol. The van der Waals surface area contributed by atoms with Gasteiger partial charge in [-0.05, 0) is 0 Å². The van der Waals surface area contributed by atoms with Gasteiger partial charge in [-0.2, -0.15) is 0 Å². The van der Waals surface area contributed by atoms with E-state index >= 15 is 0 Å². The van der Waals surface area contributed by atoms with Gasteiger partial charge in [0.15, 0.2) is 0 Å². The second-order valence-corrected chi connectivity index (χ2v) is 0. The van der Waals surface area contributed by atoms with Gasteiger partial charge in [0.1, 0.15) is 0 Å². The molecular formula is H17Cl3CrN5O. The van der Waals surface area contributed by atoms with Crippen molar-refractivity contribution in [1.82, 2.24) is 30.8 Å². The molecule has 0 fully saturated rings. The fourth-order valence-electron chi connectivity index (χ4n) is 0. The summed E-state index contributed by atoms with van der Waals surface area (Å²) < 4.78 is 0. The molecule has 0 spiro atoms. The number of hydrogen-bond acceptors (Lipinski definition) is 5. The van der Waals surface area contributed by atoms with E-state index in [1.165, 1.54) is 0 Å². The van der Waals surface area contributed by atoms with Crippen molar-refractivity contribution >= 4 is 0 Å². The fourth-order valence-corrected chi connectivity index (χ4v) is 0. The molecule has 6 nitrogen and oxygen atoms in total. The molecule has 17 N–H and O–H groups in total. The minimum absolute atomic E-state index is 0. The molecule has 0 aromatic carbocycles. The van der Waals surface area contributed by atoms with E-state index in [1.807, 2.05) is 0 Å². The van der Waals surface area contributed by atoms with Gasteiger partial charge in [0.05, 0.1) is 0 Å². The molecule has 0 unspecified atom stereocenters. The van der Waals surface area contributed by atoms with E-state index < -0.39 is 0 Å². The van der Waals surface area contributed by atoms with Gasteiger partial charge >= 0.3 is 17.4 Å². The van der Waals surface area contributed by atoms with Crippen LogP contribution >= 0.6 is 0 Å². The summed E-state index contributed by atoms with van der Waals surface area (Å²) in [6.07, 6.45) is 0. The Kier molecular flexibility index (Phi) is 53900. The van der Waals surface area contributed by atoms with Crippen LogP contribution in [0.4, 0.5) is 0 Å². The molecule has 0 saturated heterocycles. The van der Waals surface area contributed by atoms with E-state index in [2.05, 4.69) is 0 Å². The van der Waals surface area contributed by atoms with Crippen LogP contribution in [0.25, 0.3) is 0 Å². The third-order valence-corrected chi connectivity index (χ3v) is 0. The van der Waals surface area contributed by atoms with Crippen LogP contribution in [0.2, 0.25) is 0 Å². The predicted molar refractivity (Wildman–Crippen MR) is 28.7 cm³/mol. The van der Waals surface area contributed by atoms with Crippen molar-refractivity contribution in [2.24, 2.45) is 0 Å². The topological polar surface area (TPSA) is 206 Å². The van der Waals surface area contributed by atoms with E-state index in [9.17, 15) is 0 Å². The minimum Gasteiger partial charge on any atom is -1.00 e. The van der Waals surface area contributed by atoms with Crippen molar-refractivity contribution < 1.29 is 60.1 Å². The van der Waals surface area contributed by atoms with Crippen LogP contribution < -0.4 is 68.0 Å². The Morgan fingerprint density at radius 3 is 0.400 bits per heavy atom. The average Bonchev–Trinajstić information content (AvgIpc) is 0. The van der Waals surface area contributed by atoms with Crippen LogP contribution in [-0.2, 0) is 17.4 Å². The largest absolute Gasteiger partial charge is 3.00 e. The van der Waals surface area contributed by atoms with Crippen molar-refractivity contribution in [1.29, 1.82) is 0 Å². The summed E-state index contributed by atoms with van der Waals surface area (Å²) in [6, 6.07) is 0. The van der Waals surface area contributed by atoms with E-state index in [-0.39, 0.29) is 90.8 Å². The summed E-state index contributed by atoms with van der Waals surface area (Å²) in [4.78, 5) is 0. The fraction of sp³-hybridized carbons (Fsp3) is 0. The second kappa shape index (κ2) is 631. The number of rotatable bonds is 0. The standard InChI is InChI=1S/3ClH.Cr.5H3N.H2O/h3*1H;;5*1H3;1H2/q;;;+3;;;;;;/p-3. The third kappa shape index (κ3) is 452. The molecule has 10 heavy (non-hydrogen) atoms. The van der Waals surface area contributed by atoms with Crippen LogP contribution in [0, 0.1) is 0 Å². The molecule has 0 atom stereocenters. The van der Waals surface area contributed by atoms with Crippen LogP contribution in [0.1, 0.15) is 0 Å². The van der Waals surface area contributed by atoms with Gasteiger partial charge in [-0.15, -0.1) is 0 Å². The molecule has 0 amide bonds. The molecule has 0 aromatic rings. The average molecular weight is 262 g/mol. The Morgan fingerprint density at radius 1 is 0.400 bits per heavy atom. The van der Waals surface area contributed by atoms with Gasteiger partial charge < -0.3 is 73.5 Å². The first-order chi connectivity index (χ1) is 0. The maximum Gasteiger partial charge on any atom is 3.00 e. The van der Waals surface area contributed by atoms with Crippen molar-refractivity contribution in [3.63, 3.8) is 0 Å². The van der Waals surface area contributed by atoms with E-state index in [1.54, 1.807) is 0 Å². The Hall–Kier alpha value is 1.16. The third-order valence-electron chi connectivity index (χ3n) is 0. The number of hydrogen-bond donors (Lipinski definition) is 5. The first-order valence-corrected chi connectivity index (χ1v) is 0. The SMILES string of the molecule is N.N.N.N.N.O.[Cl-].[Cl-].[Cl-].[Cr+3]. The normalized spacial score (nSPS) is 0. The van der Waals surface area contributed by atoms with Crippen LogP contribution in [0.3, 0.4) is 0 Å². The maximum absolute atomic E-state index is 0. The molecule has 0 bridgehead atoms. The van der Waals surface area contributed by atoms with Crippen molar-refractivity contribution in [2.45, 2.75) is 0 Å². The van der Waals surface area contributed by atoms with Gasteiger partial charge in [0.2, 0.25) is 0 Å². The molecule has 10 heteroatoms. The molecule has 0 heterocycles. The monoisotopic (exact) mass is 260 g/mol. The van der Waals surface area contributed by atoms with E-state index in [0.29, 0.717) is 0 Å². The Morgan fingerprint density at radius 2 is 0.400 bits per heavy atom. The zero-order valence-electron chi connectivity index (χ0n) is 5.58. The summed E-state index contributed by atoms with van der Waals surface area (Å²) in [5.74, 6) is 0. The van der Waals surface area contributed by atoms with Gasteiger partial charge in [-0.1, -0.05) is 0 Å². The number of halogens is 3. The minimum atomic E-state index is 0. The summed E-state index contributed by atoms with van der Waals surface area (Å²) in [6.45, 7) is 0. The van der Waals surface area contributed by atoms with Crippen LogP contribution in [-0.4, -0.2) is 5.48 Å². The van der Waals surface area contributed by atoms with Crippen molar-refractivity contribution in [3.8, 4) is 0 Å². The first-order valence-electron chi connectivity index (χ1n) is 0. The van der Waals surface area contributed by atoms with Crippen LogP contribution in [0.15, 0.2) is 0 Å². The summed E-state index contributed by atoms with van der Waals surface area (Å²) in [7, 11) is 0. The molecule has 0 rings (SSSR count). The summed E-state index contributed by atoms with van der Waals surface area (Å²) in [5, 5.41) is 0. The molecule has 0 aliphatic heterocycles. The first kappa shape index (κ1) is 853. The zero-order chi connectivity index (χ0) is 0.